The third-order valence-corrected chi connectivity index (χ3v) is 5.73. The van der Waals surface area contributed by atoms with Crippen LogP contribution < -0.4 is 25.6 Å². The topological polar surface area (TPSA) is 118 Å². The van der Waals surface area contributed by atoms with E-state index in [-0.39, 0.29) is 5.91 Å². The van der Waals surface area contributed by atoms with E-state index in [1.807, 2.05) is 58.5 Å². The summed E-state index contributed by atoms with van der Waals surface area (Å²) in [6, 6.07) is 11.2. The maximum atomic E-state index is 12.2. The van der Waals surface area contributed by atoms with Crippen molar-refractivity contribution < 1.29 is 9.53 Å². The van der Waals surface area contributed by atoms with Gasteiger partial charge in [-0.3, -0.25) is 4.79 Å². The zero-order valence-electron chi connectivity index (χ0n) is 21.9. The number of rotatable bonds is 12. The summed E-state index contributed by atoms with van der Waals surface area (Å²) in [6.45, 7) is 5.15. The maximum absolute atomic E-state index is 12.2. The monoisotopic (exact) mass is 502 g/mol. The van der Waals surface area contributed by atoms with E-state index < -0.39 is 0 Å². The summed E-state index contributed by atoms with van der Waals surface area (Å²) < 4.78 is 5.67. The lowest BCUT2D eigenvalue weighted by Crippen LogP contribution is -2.29. The van der Waals surface area contributed by atoms with Gasteiger partial charge in [0.2, 0.25) is 11.9 Å². The molecule has 0 radical (unpaired) electrons. The average Bonchev–Trinajstić information content (AvgIpc) is 2.91. The van der Waals surface area contributed by atoms with E-state index in [0.717, 1.165) is 35.6 Å². The van der Waals surface area contributed by atoms with Crippen LogP contribution in [-0.4, -0.2) is 75.4 Å². The molecule has 0 aliphatic rings. The van der Waals surface area contributed by atoms with E-state index in [1.165, 1.54) is 12.3 Å². The van der Waals surface area contributed by atoms with Gasteiger partial charge in [-0.2, -0.15) is 0 Å². The lowest BCUT2D eigenvalue weighted by atomic mass is 10.1. The molecular formula is C27H34N8O2. The number of anilines is 5. The van der Waals surface area contributed by atoms with Crippen LogP contribution in [0.2, 0.25) is 0 Å². The van der Waals surface area contributed by atoms with Gasteiger partial charge in [0.15, 0.2) is 0 Å². The van der Waals surface area contributed by atoms with E-state index in [2.05, 4.69) is 42.3 Å². The number of benzene rings is 2. The molecule has 3 rings (SSSR count). The van der Waals surface area contributed by atoms with Crippen molar-refractivity contribution in [1.29, 1.82) is 5.41 Å². The number of likely N-dealkylation sites (N-methyl/N-ethyl adjacent to an activating group) is 2. The Labute approximate surface area is 217 Å². The molecule has 10 heteroatoms. The lowest BCUT2D eigenvalue weighted by Gasteiger charge is -2.26. The molecule has 2 aromatic carbocycles. The van der Waals surface area contributed by atoms with Crippen LogP contribution in [0.3, 0.4) is 0 Å². The Hall–Kier alpha value is -4.44. The Morgan fingerprint density at radius 2 is 1.89 bits per heavy atom. The van der Waals surface area contributed by atoms with Crippen LogP contribution in [0, 0.1) is 5.41 Å². The number of aromatic nitrogens is 2. The number of carbonyl (C=O) groups excluding carboxylic acids is 1. The smallest absolute Gasteiger partial charge is 0.247 e. The minimum Gasteiger partial charge on any atom is -0.494 e. The first-order valence-corrected chi connectivity index (χ1v) is 11.7. The molecular weight excluding hydrogens is 468 g/mol. The summed E-state index contributed by atoms with van der Waals surface area (Å²) in [7, 11) is 9.39. The highest BCUT2D eigenvalue weighted by molar-refractivity contribution is 6.02. The van der Waals surface area contributed by atoms with E-state index in [9.17, 15) is 4.79 Å². The van der Waals surface area contributed by atoms with Gasteiger partial charge in [-0.1, -0.05) is 18.7 Å². The second-order valence-electron chi connectivity index (χ2n) is 8.57. The number of hydrogen-bond donors (Lipinski definition) is 4. The van der Waals surface area contributed by atoms with Crippen molar-refractivity contribution in [3.8, 4) is 17.0 Å². The Kier molecular flexibility index (Phi) is 9.17. The molecule has 4 N–H and O–H groups in total. The van der Waals surface area contributed by atoms with Crippen LogP contribution in [-0.2, 0) is 4.79 Å². The quantitative estimate of drug-likeness (QED) is 0.216. The van der Waals surface area contributed by atoms with Gasteiger partial charge in [0.25, 0.3) is 0 Å². The Bertz CT molecular complexity index is 1280. The standard InChI is InChI=1S/C27H34N8O2/c1-7-26(36)31-22-15-23(25(37-6)16-24(22)35(5)13-12-34(3)4)33-27-30-11-10-20(32-27)18-8-9-19(17-28)21(14-18)29-2/h7-11,14-17,28-29H,1,12-13H2,2-6H3,(H,31,36)(H,30,32,33). The number of ether oxygens (including phenoxy) is 1. The first-order chi connectivity index (χ1) is 17.8. The van der Waals surface area contributed by atoms with Crippen molar-refractivity contribution in [3.05, 3.63) is 60.8 Å². The van der Waals surface area contributed by atoms with E-state index in [0.29, 0.717) is 28.8 Å². The number of hydrogen-bond acceptors (Lipinski definition) is 9. The molecule has 0 aliphatic carbocycles. The molecule has 1 aromatic heterocycles. The average molecular weight is 503 g/mol. The lowest BCUT2D eigenvalue weighted by molar-refractivity contribution is -0.111. The molecule has 1 heterocycles. The van der Waals surface area contributed by atoms with Crippen LogP contribution in [0.1, 0.15) is 5.56 Å². The third kappa shape index (κ3) is 6.83. The first-order valence-electron chi connectivity index (χ1n) is 11.7. The molecule has 194 valence electrons. The predicted octanol–water partition coefficient (Wildman–Crippen LogP) is 4.06. The van der Waals surface area contributed by atoms with Crippen molar-refractivity contribution in [1.82, 2.24) is 14.9 Å². The highest BCUT2D eigenvalue weighted by atomic mass is 16.5. The molecule has 1 amide bonds. The van der Waals surface area contributed by atoms with Gasteiger partial charge in [-0.15, -0.1) is 0 Å². The number of amides is 1. The number of methoxy groups -OCH3 is 1. The Morgan fingerprint density at radius 1 is 1.11 bits per heavy atom. The van der Waals surface area contributed by atoms with Gasteiger partial charge in [0, 0.05) is 62.5 Å². The van der Waals surface area contributed by atoms with Crippen LogP contribution in [0.5, 0.6) is 5.75 Å². The first kappa shape index (κ1) is 27.2. The second kappa shape index (κ2) is 12.5. The van der Waals surface area contributed by atoms with Gasteiger partial charge in [0.1, 0.15) is 5.75 Å². The normalized spacial score (nSPS) is 10.5. The Morgan fingerprint density at radius 3 is 2.54 bits per heavy atom. The van der Waals surface area contributed by atoms with Gasteiger partial charge in [0.05, 0.1) is 29.9 Å². The summed E-state index contributed by atoms with van der Waals surface area (Å²) in [5, 5.41) is 16.8. The van der Waals surface area contributed by atoms with E-state index in [1.54, 1.807) is 19.4 Å². The Balaban J connectivity index is 1.98. The number of nitrogens with one attached hydrogen (secondary N) is 4. The molecule has 0 saturated heterocycles. The maximum Gasteiger partial charge on any atom is 0.247 e. The SMILES string of the molecule is C=CC(=O)Nc1cc(Nc2nccc(-c3ccc(C=N)c(NC)c3)n2)c(OC)cc1N(C)CCN(C)C. The van der Waals surface area contributed by atoms with Crippen LogP contribution >= 0.6 is 0 Å². The van der Waals surface area contributed by atoms with Gasteiger partial charge < -0.3 is 35.9 Å². The molecule has 3 aromatic rings. The highest BCUT2D eigenvalue weighted by Gasteiger charge is 2.17. The third-order valence-electron chi connectivity index (χ3n) is 5.73. The van der Waals surface area contributed by atoms with Crippen LogP contribution in [0.15, 0.2) is 55.3 Å². The molecule has 0 bridgehead atoms. The fourth-order valence-corrected chi connectivity index (χ4v) is 3.66. The summed E-state index contributed by atoms with van der Waals surface area (Å²) >= 11 is 0. The van der Waals surface area contributed by atoms with Gasteiger partial charge >= 0.3 is 0 Å². The minimum absolute atomic E-state index is 0.315. The number of carbonyl (C=O) groups is 1. The van der Waals surface area contributed by atoms with Crippen LogP contribution in [0.25, 0.3) is 11.3 Å². The zero-order valence-corrected chi connectivity index (χ0v) is 21.9. The highest BCUT2D eigenvalue weighted by Crippen LogP contribution is 2.38. The van der Waals surface area contributed by atoms with Crippen molar-refractivity contribution >= 4 is 40.8 Å². The van der Waals surface area contributed by atoms with Crippen molar-refractivity contribution in [2.75, 3.05) is 69.2 Å². The molecule has 0 fully saturated rings. The van der Waals surface area contributed by atoms with Crippen molar-refractivity contribution in [2.45, 2.75) is 0 Å². The van der Waals surface area contributed by atoms with Crippen molar-refractivity contribution in [3.63, 3.8) is 0 Å². The number of nitrogens with zero attached hydrogens (tertiary/aromatic N) is 4. The molecule has 0 aliphatic heterocycles. The predicted molar refractivity (Wildman–Crippen MR) is 152 cm³/mol. The van der Waals surface area contributed by atoms with Gasteiger partial charge in [-0.05, 0) is 38.4 Å². The molecule has 0 atom stereocenters. The fourth-order valence-electron chi connectivity index (χ4n) is 3.66. The largest absolute Gasteiger partial charge is 0.494 e. The summed E-state index contributed by atoms with van der Waals surface area (Å²) in [6.07, 6.45) is 4.21. The van der Waals surface area contributed by atoms with Crippen LogP contribution in [0.4, 0.5) is 28.7 Å². The molecule has 0 unspecified atom stereocenters. The fraction of sp³-hybridized carbons (Fsp3) is 0.259. The molecule has 0 spiro atoms. The zero-order chi connectivity index (χ0) is 26.9. The molecule has 37 heavy (non-hydrogen) atoms. The van der Waals surface area contributed by atoms with Gasteiger partial charge in [-0.25, -0.2) is 9.97 Å². The van der Waals surface area contributed by atoms with E-state index in [4.69, 9.17) is 10.1 Å². The minimum atomic E-state index is -0.315. The second-order valence-corrected chi connectivity index (χ2v) is 8.57. The van der Waals surface area contributed by atoms with Crippen molar-refractivity contribution in [2.24, 2.45) is 0 Å². The summed E-state index contributed by atoms with van der Waals surface area (Å²) in [5.74, 6) is 0.628. The molecule has 10 nitrogen and oxygen atoms in total. The van der Waals surface area contributed by atoms with E-state index >= 15 is 0 Å². The summed E-state index contributed by atoms with van der Waals surface area (Å²) in [5.41, 5.74) is 5.21. The summed E-state index contributed by atoms with van der Waals surface area (Å²) in [4.78, 5) is 25.4. The molecule has 0 saturated carbocycles.